The van der Waals surface area contributed by atoms with Crippen LogP contribution >= 0.6 is 23.2 Å². The van der Waals surface area contributed by atoms with Crippen LogP contribution in [0.25, 0.3) is 0 Å². The van der Waals surface area contributed by atoms with Crippen molar-refractivity contribution in [2.75, 3.05) is 11.9 Å². The molecule has 1 aliphatic rings. The number of rotatable bonds is 11. The van der Waals surface area contributed by atoms with Gasteiger partial charge in [-0.15, -0.1) is 0 Å². The summed E-state index contributed by atoms with van der Waals surface area (Å²) >= 11 is 12.1. The summed E-state index contributed by atoms with van der Waals surface area (Å²) in [7, 11) is 0. The highest BCUT2D eigenvalue weighted by Gasteiger charge is 2.36. The van der Waals surface area contributed by atoms with Gasteiger partial charge in [0.2, 0.25) is 11.8 Å². The standard InChI is InChI=1S/C33H29Cl2N3O6/c34-26-13-8-22(18-27(26)35)31(40)38-33(15-3-4-16-33)20-43-23-9-11-24(12-10-23)44-30-14-7-21(19-36-30)17-29(39)37-28-6-2-1-5-25(28)32(41)42/h1-2,5-14,18-19H,3-4,15-17,20H2,(H,37,39)(H,38,40)(H,41,42). The van der Waals surface area contributed by atoms with Gasteiger partial charge in [-0.25, -0.2) is 9.78 Å². The van der Waals surface area contributed by atoms with Crippen LogP contribution in [0.4, 0.5) is 5.69 Å². The lowest BCUT2D eigenvalue weighted by atomic mass is 9.98. The number of aromatic carboxylic acids is 1. The number of amides is 2. The third-order valence-electron chi connectivity index (χ3n) is 7.28. The van der Waals surface area contributed by atoms with Gasteiger partial charge in [-0.1, -0.05) is 54.2 Å². The van der Waals surface area contributed by atoms with Gasteiger partial charge in [-0.3, -0.25) is 9.59 Å². The Kier molecular flexibility index (Phi) is 9.67. The number of halogens is 2. The molecule has 1 aromatic heterocycles. The Balaban J connectivity index is 1.13. The Morgan fingerprint density at radius 1 is 0.886 bits per heavy atom. The minimum Gasteiger partial charge on any atom is -0.491 e. The number of carboxylic acids is 1. The fourth-order valence-corrected chi connectivity index (χ4v) is 5.29. The first-order valence-electron chi connectivity index (χ1n) is 14.0. The molecule has 1 aliphatic carbocycles. The largest absolute Gasteiger partial charge is 0.491 e. The van der Waals surface area contributed by atoms with Crippen molar-refractivity contribution in [3.63, 3.8) is 0 Å². The van der Waals surface area contributed by atoms with Crippen LogP contribution < -0.4 is 20.1 Å². The molecule has 3 aromatic carbocycles. The number of carbonyl (C=O) groups excluding carboxylic acids is 2. The molecule has 11 heteroatoms. The van der Waals surface area contributed by atoms with Gasteiger partial charge >= 0.3 is 5.97 Å². The van der Waals surface area contributed by atoms with Gasteiger partial charge in [0.25, 0.3) is 5.91 Å². The fourth-order valence-electron chi connectivity index (χ4n) is 4.99. The Morgan fingerprint density at radius 3 is 2.30 bits per heavy atom. The Labute approximate surface area is 264 Å². The molecule has 226 valence electrons. The van der Waals surface area contributed by atoms with Gasteiger partial charge in [0.1, 0.15) is 18.1 Å². The van der Waals surface area contributed by atoms with E-state index in [9.17, 15) is 19.5 Å². The monoisotopic (exact) mass is 633 g/mol. The number of para-hydroxylation sites is 1. The molecule has 4 aromatic rings. The molecule has 44 heavy (non-hydrogen) atoms. The van der Waals surface area contributed by atoms with E-state index in [4.69, 9.17) is 32.7 Å². The molecule has 0 saturated heterocycles. The van der Waals surface area contributed by atoms with Crippen LogP contribution in [0.3, 0.4) is 0 Å². The van der Waals surface area contributed by atoms with Crippen LogP contribution in [-0.4, -0.2) is 40.0 Å². The summed E-state index contributed by atoms with van der Waals surface area (Å²) in [6, 6.07) is 21.5. The molecule has 5 rings (SSSR count). The number of hydrogen-bond donors (Lipinski definition) is 3. The van der Waals surface area contributed by atoms with E-state index < -0.39 is 11.5 Å². The number of pyridine rings is 1. The normalized spacial score (nSPS) is 13.6. The number of carboxylic acid groups (broad SMARTS) is 1. The maximum atomic E-state index is 13.0. The molecule has 1 heterocycles. The molecule has 0 radical (unpaired) electrons. The Hall–Kier alpha value is -4.60. The highest BCUT2D eigenvalue weighted by molar-refractivity contribution is 6.42. The number of carbonyl (C=O) groups is 3. The van der Waals surface area contributed by atoms with Crippen molar-refractivity contribution in [3.05, 3.63) is 112 Å². The van der Waals surface area contributed by atoms with Crippen molar-refractivity contribution < 1.29 is 29.0 Å². The van der Waals surface area contributed by atoms with E-state index in [0.29, 0.717) is 45.2 Å². The molecule has 0 unspecified atom stereocenters. The molecule has 0 spiro atoms. The molecule has 9 nitrogen and oxygen atoms in total. The minimum atomic E-state index is -1.12. The van der Waals surface area contributed by atoms with Crippen molar-refractivity contribution in [3.8, 4) is 17.4 Å². The zero-order valence-electron chi connectivity index (χ0n) is 23.5. The molecule has 1 saturated carbocycles. The molecule has 0 aliphatic heterocycles. The number of nitrogens with zero attached hydrogens (tertiary/aromatic N) is 1. The number of hydrogen-bond acceptors (Lipinski definition) is 6. The smallest absolute Gasteiger partial charge is 0.337 e. The third kappa shape index (κ3) is 7.86. The summed E-state index contributed by atoms with van der Waals surface area (Å²) < 4.78 is 11.9. The Bertz CT molecular complexity index is 1660. The van der Waals surface area contributed by atoms with Crippen molar-refractivity contribution in [1.29, 1.82) is 0 Å². The third-order valence-corrected chi connectivity index (χ3v) is 8.02. The number of benzene rings is 3. The predicted octanol–water partition coefficient (Wildman–Crippen LogP) is 7.18. The zero-order chi connectivity index (χ0) is 31.1. The molecule has 0 bridgehead atoms. The van der Waals surface area contributed by atoms with E-state index in [0.717, 1.165) is 25.7 Å². The second kappa shape index (κ2) is 13.8. The number of aromatic nitrogens is 1. The van der Waals surface area contributed by atoms with Gasteiger partial charge in [0.15, 0.2) is 0 Å². The van der Waals surface area contributed by atoms with Gasteiger partial charge in [0.05, 0.1) is 33.3 Å². The minimum absolute atomic E-state index is 0.0165. The summed E-state index contributed by atoms with van der Waals surface area (Å²) in [4.78, 5) is 41.0. The van der Waals surface area contributed by atoms with Crippen molar-refractivity contribution in [2.24, 2.45) is 0 Å². The lowest BCUT2D eigenvalue weighted by Gasteiger charge is -2.30. The van der Waals surface area contributed by atoms with Gasteiger partial charge in [-0.2, -0.15) is 0 Å². The van der Waals surface area contributed by atoms with E-state index in [-0.39, 0.29) is 29.5 Å². The SMILES string of the molecule is O=C(Cc1ccc(Oc2ccc(OCC3(NC(=O)c4ccc(Cl)c(Cl)c4)CCCC3)cc2)nc1)Nc1ccccc1C(=O)O. The van der Waals surface area contributed by atoms with E-state index in [1.54, 1.807) is 66.7 Å². The summed E-state index contributed by atoms with van der Waals surface area (Å²) in [5.41, 5.74) is 0.846. The molecule has 0 atom stereocenters. The average Bonchev–Trinajstić information content (AvgIpc) is 3.47. The molecular formula is C33H29Cl2N3O6. The fraction of sp³-hybridized carbons (Fsp3) is 0.212. The van der Waals surface area contributed by atoms with Crippen LogP contribution in [0.5, 0.6) is 17.4 Å². The number of ether oxygens (including phenoxy) is 2. The van der Waals surface area contributed by atoms with Crippen LogP contribution in [0, 0.1) is 0 Å². The second-order valence-corrected chi connectivity index (χ2v) is 11.3. The van der Waals surface area contributed by atoms with Gasteiger partial charge in [-0.05, 0) is 73.0 Å². The van der Waals surface area contributed by atoms with Gasteiger partial charge < -0.3 is 25.2 Å². The topological polar surface area (TPSA) is 127 Å². The summed E-state index contributed by atoms with van der Waals surface area (Å²) in [5, 5.41) is 15.8. The zero-order valence-corrected chi connectivity index (χ0v) is 25.0. The maximum absolute atomic E-state index is 13.0. The summed E-state index contributed by atoms with van der Waals surface area (Å²) in [6.07, 6.45) is 5.14. The van der Waals surface area contributed by atoms with Crippen molar-refractivity contribution >= 4 is 46.7 Å². The van der Waals surface area contributed by atoms with E-state index in [1.807, 2.05) is 0 Å². The van der Waals surface area contributed by atoms with E-state index >= 15 is 0 Å². The average molecular weight is 635 g/mol. The highest BCUT2D eigenvalue weighted by Crippen LogP contribution is 2.32. The Morgan fingerprint density at radius 2 is 1.61 bits per heavy atom. The highest BCUT2D eigenvalue weighted by atomic mass is 35.5. The van der Waals surface area contributed by atoms with Crippen LogP contribution in [0.2, 0.25) is 10.0 Å². The lowest BCUT2D eigenvalue weighted by molar-refractivity contribution is -0.115. The quantitative estimate of drug-likeness (QED) is 0.160. The lowest BCUT2D eigenvalue weighted by Crippen LogP contribution is -2.50. The number of nitrogens with one attached hydrogen (secondary N) is 2. The molecule has 3 N–H and O–H groups in total. The first-order chi connectivity index (χ1) is 21.2. The second-order valence-electron chi connectivity index (χ2n) is 10.5. The maximum Gasteiger partial charge on any atom is 0.337 e. The van der Waals surface area contributed by atoms with E-state index in [1.165, 1.54) is 18.3 Å². The first kappa shape index (κ1) is 30.8. The predicted molar refractivity (Wildman–Crippen MR) is 167 cm³/mol. The van der Waals surface area contributed by atoms with Crippen LogP contribution in [0.1, 0.15) is 52.0 Å². The summed E-state index contributed by atoms with van der Waals surface area (Å²) in [6.45, 7) is 0.318. The van der Waals surface area contributed by atoms with E-state index in [2.05, 4.69) is 15.6 Å². The molecular weight excluding hydrogens is 605 g/mol. The van der Waals surface area contributed by atoms with Crippen molar-refractivity contribution in [2.45, 2.75) is 37.6 Å². The number of anilines is 1. The molecule has 2 amide bonds. The van der Waals surface area contributed by atoms with Crippen LogP contribution in [-0.2, 0) is 11.2 Å². The first-order valence-corrected chi connectivity index (χ1v) is 14.7. The van der Waals surface area contributed by atoms with Crippen LogP contribution in [0.15, 0.2) is 85.1 Å². The summed E-state index contributed by atoms with van der Waals surface area (Å²) in [5.74, 6) is -0.186. The molecule has 1 fully saturated rings. The van der Waals surface area contributed by atoms with Crippen molar-refractivity contribution in [1.82, 2.24) is 10.3 Å². The van der Waals surface area contributed by atoms with Gasteiger partial charge in [0, 0.05) is 17.8 Å².